The Kier molecular flexibility index (Phi) is 6.44. The van der Waals surface area contributed by atoms with Gasteiger partial charge in [-0.2, -0.15) is 0 Å². The lowest BCUT2D eigenvalue weighted by atomic mass is 9.59. The summed E-state index contributed by atoms with van der Waals surface area (Å²) in [6.07, 6.45) is 0.456. The van der Waals surface area contributed by atoms with Gasteiger partial charge in [0.2, 0.25) is 11.8 Å². The molecule has 2 unspecified atom stereocenters. The third kappa shape index (κ3) is 3.81. The van der Waals surface area contributed by atoms with Crippen molar-refractivity contribution in [2.45, 2.75) is 45.7 Å². The molecule has 1 aromatic carbocycles. The van der Waals surface area contributed by atoms with Crippen molar-refractivity contribution < 1.29 is 33.6 Å². The molecule has 2 bridgehead atoms. The van der Waals surface area contributed by atoms with E-state index in [0.29, 0.717) is 0 Å². The van der Waals surface area contributed by atoms with Crippen LogP contribution in [0.25, 0.3) is 0 Å². The lowest BCUT2D eigenvalue weighted by molar-refractivity contribution is -0.384. The number of amides is 2. The monoisotopic (exact) mass is 461 g/mol. The number of carbonyl (C=O) groups excluding carboxylic acids is 4. The molecule has 11 heteroatoms. The van der Waals surface area contributed by atoms with E-state index in [-0.39, 0.29) is 38.2 Å². The molecule has 1 aliphatic carbocycles. The number of carbonyl (C=O) groups is 4. The Bertz CT molecular complexity index is 933. The molecule has 4 atom stereocenters. The van der Waals surface area contributed by atoms with Gasteiger partial charge < -0.3 is 20.1 Å². The van der Waals surface area contributed by atoms with Crippen LogP contribution in [0.15, 0.2) is 30.3 Å². The molecule has 0 aromatic heterocycles. The van der Waals surface area contributed by atoms with E-state index in [4.69, 9.17) is 9.47 Å². The smallest absolute Gasteiger partial charge is 0.321 e. The van der Waals surface area contributed by atoms with Crippen LogP contribution < -0.4 is 10.6 Å². The van der Waals surface area contributed by atoms with Crippen LogP contribution in [0.3, 0.4) is 0 Å². The van der Waals surface area contributed by atoms with Crippen LogP contribution in [0.1, 0.15) is 40.0 Å². The second-order valence-corrected chi connectivity index (χ2v) is 8.47. The SMILES string of the molecule is CCOC(=O)[C@@]12CC[C@]3(C(=O)OCC)C(=O)NC(C)(CC13)NC2=O.O=[N+]([O-])c1ccccc1. The third-order valence-corrected chi connectivity index (χ3v) is 6.55. The molecule has 2 saturated heterocycles. The van der Waals surface area contributed by atoms with Crippen LogP contribution >= 0.6 is 0 Å². The number of nitrogens with one attached hydrogen (secondary N) is 2. The third-order valence-electron chi connectivity index (χ3n) is 6.55. The maximum absolute atomic E-state index is 12.8. The molecular formula is C22H27N3O8. The fourth-order valence-electron chi connectivity index (χ4n) is 5.06. The highest BCUT2D eigenvalue weighted by Gasteiger charge is 2.76. The van der Waals surface area contributed by atoms with E-state index >= 15 is 0 Å². The fourth-order valence-corrected chi connectivity index (χ4v) is 5.06. The summed E-state index contributed by atoms with van der Waals surface area (Å²) >= 11 is 0. The van der Waals surface area contributed by atoms with Gasteiger partial charge in [-0.3, -0.25) is 29.3 Å². The number of ether oxygens (including phenoxy) is 2. The maximum atomic E-state index is 12.8. The van der Waals surface area contributed by atoms with Crippen molar-refractivity contribution in [3.05, 3.63) is 40.4 Å². The van der Waals surface area contributed by atoms with Gasteiger partial charge in [-0.25, -0.2) is 0 Å². The van der Waals surface area contributed by atoms with Crippen molar-refractivity contribution >= 4 is 29.4 Å². The van der Waals surface area contributed by atoms with Gasteiger partial charge >= 0.3 is 11.9 Å². The minimum Gasteiger partial charge on any atom is -0.465 e. The molecule has 178 valence electrons. The molecule has 1 saturated carbocycles. The average molecular weight is 461 g/mol. The van der Waals surface area contributed by atoms with Crippen molar-refractivity contribution in [2.75, 3.05) is 13.2 Å². The van der Waals surface area contributed by atoms with Crippen LogP contribution in [0.4, 0.5) is 5.69 Å². The molecule has 3 aliphatic rings. The molecule has 0 radical (unpaired) electrons. The van der Waals surface area contributed by atoms with E-state index in [1.165, 1.54) is 12.1 Å². The fraction of sp³-hybridized carbons (Fsp3) is 0.545. The zero-order chi connectivity index (χ0) is 24.4. The first-order valence-corrected chi connectivity index (χ1v) is 10.8. The Labute approximate surface area is 190 Å². The van der Waals surface area contributed by atoms with Crippen molar-refractivity contribution in [1.29, 1.82) is 0 Å². The topological polar surface area (TPSA) is 154 Å². The van der Waals surface area contributed by atoms with Crippen LogP contribution in [0.5, 0.6) is 0 Å². The zero-order valence-electron chi connectivity index (χ0n) is 18.7. The molecule has 2 amide bonds. The predicted octanol–water partition coefficient (Wildman–Crippen LogP) is 1.46. The molecule has 0 spiro atoms. The summed E-state index contributed by atoms with van der Waals surface area (Å²) in [5.41, 5.74) is -3.87. The van der Waals surface area contributed by atoms with Crippen molar-refractivity contribution in [1.82, 2.24) is 10.6 Å². The molecule has 2 aliphatic heterocycles. The minimum absolute atomic E-state index is 0.0879. The molecular weight excluding hydrogens is 434 g/mol. The summed E-state index contributed by atoms with van der Waals surface area (Å²) in [5, 5.41) is 15.5. The van der Waals surface area contributed by atoms with Gasteiger partial charge in [0, 0.05) is 18.1 Å². The Morgan fingerprint density at radius 2 is 1.45 bits per heavy atom. The Hall–Kier alpha value is -3.50. The summed E-state index contributed by atoms with van der Waals surface area (Å²) in [6.45, 7) is 5.22. The molecule has 3 fully saturated rings. The number of nitro groups is 1. The van der Waals surface area contributed by atoms with Crippen LogP contribution in [0.2, 0.25) is 0 Å². The summed E-state index contributed by atoms with van der Waals surface area (Å²) in [4.78, 5) is 60.5. The van der Waals surface area contributed by atoms with E-state index < -0.39 is 51.1 Å². The van der Waals surface area contributed by atoms with E-state index in [0.717, 1.165) is 0 Å². The largest absolute Gasteiger partial charge is 0.465 e. The zero-order valence-corrected chi connectivity index (χ0v) is 18.7. The quantitative estimate of drug-likeness (QED) is 0.289. The standard InChI is InChI=1S/C16H22N2O6.C6H5NO2/c1-4-23-12(21)15-6-7-16(13(22)24-5-2)9(15)8-14(3,17-10(15)19)18-11(16)20;8-7(9)6-4-2-1-3-5-6/h9H,4-8H2,1-3H3,(H,17,19)(H,18,20);1-5H/t9?,14?,15-,16+;. The number of nitro benzene ring substituents is 1. The highest BCUT2D eigenvalue weighted by Crippen LogP contribution is 2.62. The number of piperidine rings is 2. The van der Waals surface area contributed by atoms with E-state index in [2.05, 4.69) is 10.6 Å². The van der Waals surface area contributed by atoms with Gasteiger partial charge in [0.1, 0.15) is 5.66 Å². The first kappa shape index (κ1) is 24.1. The number of hydrogen-bond donors (Lipinski definition) is 2. The van der Waals surface area contributed by atoms with Gasteiger partial charge in [-0.15, -0.1) is 0 Å². The Morgan fingerprint density at radius 1 is 1.00 bits per heavy atom. The number of rotatable bonds is 5. The van der Waals surface area contributed by atoms with Crippen LogP contribution in [0, 0.1) is 26.9 Å². The maximum Gasteiger partial charge on any atom is 0.321 e. The molecule has 2 N–H and O–H groups in total. The predicted molar refractivity (Wildman–Crippen MR) is 113 cm³/mol. The van der Waals surface area contributed by atoms with Crippen molar-refractivity contribution in [2.24, 2.45) is 16.7 Å². The minimum atomic E-state index is -1.51. The van der Waals surface area contributed by atoms with Crippen molar-refractivity contribution in [3.8, 4) is 0 Å². The molecule has 1 aromatic rings. The van der Waals surface area contributed by atoms with E-state index in [1.807, 2.05) is 0 Å². The van der Waals surface area contributed by atoms with Gasteiger partial charge in [0.05, 0.1) is 18.1 Å². The molecule has 4 rings (SSSR count). The number of benzene rings is 1. The molecule has 2 heterocycles. The second-order valence-electron chi connectivity index (χ2n) is 8.47. The van der Waals surface area contributed by atoms with Gasteiger partial charge in [0.15, 0.2) is 10.8 Å². The highest BCUT2D eigenvalue weighted by atomic mass is 16.6. The lowest BCUT2D eigenvalue weighted by Crippen LogP contribution is -2.76. The lowest BCUT2D eigenvalue weighted by Gasteiger charge is -2.53. The number of para-hydroxylation sites is 1. The number of non-ortho nitro benzene ring substituents is 1. The van der Waals surface area contributed by atoms with Crippen LogP contribution in [-0.4, -0.2) is 47.6 Å². The van der Waals surface area contributed by atoms with E-state index in [9.17, 15) is 29.3 Å². The average Bonchev–Trinajstić information content (AvgIpc) is 3.14. The summed E-state index contributed by atoms with van der Waals surface area (Å²) in [5.74, 6) is -3.10. The second kappa shape index (κ2) is 8.80. The van der Waals surface area contributed by atoms with Crippen molar-refractivity contribution in [3.63, 3.8) is 0 Å². The number of esters is 2. The first-order valence-electron chi connectivity index (χ1n) is 10.8. The Morgan fingerprint density at radius 3 is 1.82 bits per heavy atom. The highest BCUT2D eigenvalue weighted by molar-refractivity contribution is 6.12. The summed E-state index contributed by atoms with van der Waals surface area (Å²) < 4.78 is 10.3. The summed E-state index contributed by atoms with van der Waals surface area (Å²) in [6, 6.07) is 7.93. The van der Waals surface area contributed by atoms with E-state index in [1.54, 1.807) is 39.0 Å². The van der Waals surface area contributed by atoms with Gasteiger partial charge in [0.25, 0.3) is 5.69 Å². The normalized spacial score (nSPS) is 31.3. The number of nitrogens with zero attached hydrogens (tertiary/aromatic N) is 1. The number of fused-ring (bicyclic) bond motifs is 1. The van der Waals surface area contributed by atoms with Crippen LogP contribution in [-0.2, 0) is 28.7 Å². The number of hydrogen-bond acceptors (Lipinski definition) is 8. The van der Waals surface area contributed by atoms with Gasteiger partial charge in [-0.05, 0) is 40.0 Å². The summed E-state index contributed by atoms with van der Waals surface area (Å²) in [7, 11) is 0. The molecule has 33 heavy (non-hydrogen) atoms. The molecule has 11 nitrogen and oxygen atoms in total. The van der Waals surface area contributed by atoms with Gasteiger partial charge in [-0.1, -0.05) is 18.2 Å². The Balaban J connectivity index is 0.000000286. The first-order chi connectivity index (χ1) is 15.6.